The Balaban J connectivity index is 1.91. The van der Waals surface area contributed by atoms with Crippen molar-refractivity contribution in [1.29, 1.82) is 0 Å². The van der Waals surface area contributed by atoms with Crippen LogP contribution in [0.15, 0.2) is 41.3 Å². The van der Waals surface area contributed by atoms with E-state index < -0.39 is 5.82 Å². The van der Waals surface area contributed by atoms with Gasteiger partial charge in [-0.2, -0.15) is 0 Å². The highest BCUT2D eigenvalue weighted by Crippen LogP contribution is 2.33. The van der Waals surface area contributed by atoms with Gasteiger partial charge in [-0.1, -0.05) is 23.7 Å². The van der Waals surface area contributed by atoms with Crippen LogP contribution in [0, 0.1) is 5.82 Å². The minimum absolute atomic E-state index is 0.0493. The van der Waals surface area contributed by atoms with Crippen molar-refractivity contribution in [3.8, 4) is 0 Å². The van der Waals surface area contributed by atoms with Gasteiger partial charge >= 0.3 is 0 Å². The Morgan fingerprint density at radius 3 is 2.86 bits per heavy atom. The molecule has 0 spiro atoms. The second kappa shape index (κ2) is 6.10. The van der Waals surface area contributed by atoms with Gasteiger partial charge < -0.3 is 5.32 Å². The molecule has 1 amide bonds. The van der Waals surface area contributed by atoms with Gasteiger partial charge in [-0.05, 0) is 24.3 Å². The summed E-state index contributed by atoms with van der Waals surface area (Å²) in [7, 11) is 0. The molecule has 0 unspecified atom stereocenters. The van der Waals surface area contributed by atoms with Crippen LogP contribution in [-0.2, 0) is 0 Å². The van der Waals surface area contributed by atoms with E-state index in [1.165, 1.54) is 30.0 Å². The highest BCUT2D eigenvalue weighted by molar-refractivity contribution is 7.99. The number of halogens is 2. The summed E-state index contributed by atoms with van der Waals surface area (Å²) < 4.78 is 13.1. The normalized spacial score (nSPS) is 13.6. The first kappa shape index (κ1) is 15.1. The molecule has 0 aliphatic carbocycles. The van der Waals surface area contributed by atoms with Gasteiger partial charge in [0.2, 0.25) is 0 Å². The van der Waals surface area contributed by atoms with Gasteiger partial charge in [-0.15, -0.1) is 11.8 Å². The number of carbonyl (C=O) groups excluding carboxylic acids is 2. The first-order chi connectivity index (χ1) is 10.6. The standard InChI is InChI=1S/C16H11ClFNO2S/c17-12-8-9(4-5-13(12)18)19-16(21)11-3-1-2-10-14(20)6-7-22-15(10)11/h1-5,8H,6-7H2,(H,19,21). The number of nitrogens with one attached hydrogen (secondary N) is 1. The Labute approximate surface area is 135 Å². The highest BCUT2D eigenvalue weighted by Gasteiger charge is 2.23. The largest absolute Gasteiger partial charge is 0.322 e. The smallest absolute Gasteiger partial charge is 0.256 e. The summed E-state index contributed by atoms with van der Waals surface area (Å²) in [4.78, 5) is 25.0. The van der Waals surface area contributed by atoms with E-state index in [9.17, 15) is 14.0 Å². The maximum atomic E-state index is 13.1. The number of thioether (sulfide) groups is 1. The predicted molar refractivity (Wildman–Crippen MR) is 85.5 cm³/mol. The third kappa shape index (κ3) is 2.87. The molecule has 1 aliphatic heterocycles. The summed E-state index contributed by atoms with van der Waals surface area (Å²) >= 11 is 7.20. The Morgan fingerprint density at radius 1 is 1.27 bits per heavy atom. The molecule has 2 aromatic carbocycles. The Bertz CT molecular complexity index is 779. The maximum Gasteiger partial charge on any atom is 0.256 e. The number of hydrogen-bond acceptors (Lipinski definition) is 3. The van der Waals surface area contributed by atoms with Gasteiger partial charge in [-0.25, -0.2) is 4.39 Å². The lowest BCUT2D eigenvalue weighted by atomic mass is 10.0. The highest BCUT2D eigenvalue weighted by atomic mass is 35.5. The van der Waals surface area contributed by atoms with Crippen molar-refractivity contribution in [3.05, 3.63) is 58.4 Å². The molecule has 3 rings (SSSR count). The SMILES string of the molecule is O=C1CCSc2c1cccc2C(=O)Nc1ccc(F)c(Cl)c1. The van der Waals surface area contributed by atoms with Crippen molar-refractivity contribution >= 4 is 40.7 Å². The van der Waals surface area contributed by atoms with E-state index in [-0.39, 0.29) is 16.7 Å². The number of Topliss-reactive ketones (excluding diaryl/α,β-unsaturated/α-hetero) is 1. The molecule has 0 saturated carbocycles. The van der Waals surface area contributed by atoms with Gasteiger partial charge in [0.1, 0.15) is 5.82 Å². The molecule has 1 aliphatic rings. The number of rotatable bonds is 2. The fraction of sp³-hybridized carbons (Fsp3) is 0.125. The van der Waals surface area contributed by atoms with Crippen LogP contribution in [0.4, 0.5) is 10.1 Å². The van der Waals surface area contributed by atoms with E-state index in [4.69, 9.17) is 11.6 Å². The molecule has 22 heavy (non-hydrogen) atoms. The van der Waals surface area contributed by atoms with Crippen molar-refractivity contribution < 1.29 is 14.0 Å². The molecule has 3 nitrogen and oxygen atoms in total. The van der Waals surface area contributed by atoms with Crippen LogP contribution in [0.25, 0.3) is 0 Å². The molecule has 2 aromatic rings. The van der Waals surface area contributed by atoms with Gasteiger partial charge in [0.05, 0.1) is 10.6 Å². The lowest BCUT2D eigenvalue weighted by Crippen LogP contribution is -2.17. The van der Waals surface area contributed by atoms with E-state index in [0.717, 1.165) is 0 Å². The Morgan fingerprint density at radius 2 is 2.09 bits per heavy atom. The third-order valence-electron chi connectivity index (χ3n) is 3.31. The number of carbonyl (C=O) groups is 2. The minimum Gasteiger partial charge on any atom is -0.322 e. The van der Waals surface area contributed by atoms with Crippen LogP contribution in [0.3, 0.4) is 0 Å². The van der Waals surface area contributed by atoms with Gasteiger partial charge in [0.15, 0.2) is 5.78 Å². The lowest BCUT2D eigenvalue weighted by molar-refractivity contribution is 0.0984. The molecule has 0 bridgehead atoms. The zero-order valence-electron chi connectivity index (χ0n) is 11.4. The van der Waals surface area contributed by atoms with Gasteiger partial charge in [0, 0.05) is 28.3 Å². The summed E-state index contributed by atoms with van der Waals surface area (Å²) in [5.41, 5.74) is 1.43. The van der Waals surface area contributed by atoms with Crippen LogP contribution < -0.4 is 5.32 Å². The van der Waals surface area contributed by atoms with Crippen LogP contribution >= 0.6 is 23.4 Å². The third-order valence-corrected chi connectivity index (χ3v) is 4.74. The lowest BCUT2D eigenvalue weighted by Gasteiger charge is -2.17. The van der Waals surface area contributed by atoms with Crippen molar-refractivity contribution in [2.75, 3.05) is 11.1 Å². The number of benzene rings is 2. The van der Waals surface area contributed by atoms with E-state index in [2.05, 4.69) is 5.32 Å². The monoisotopic (exact) mass is 335 g/mol. The average Bonchev–Trinajstić information content (AvgIpc) is 2.51. The van der Waals surface area contributed by atoms with Crippen molar-refractivity contribution in [2.24, 2.45) is 0 Å². The Kier molecular flexibility index (Phi) is 4.18. The first-order valence-electron chi connectivity index (χ1n) is 6.61. The van der Waals surface area contributed by atoms with Crippen molar-refractivity contribution in [3.63, 3.8) is 0 Å². The van der Waals surface area contributed by atoms with E-state index >= 15 is 0 Å². The number of anilines is 1. The average molecular weight is 336 g/mol. The fourth-order valence-electron chi connectivity index (χ4n) is 2.24. The molecule has 112 valence electrons. The predicted octanol–water partition coefficient (Wildman–Crippen LogP) is 4.41. The first-order valence-corrected chi connectivity index (χ1v) is 7.98. The van der Waals surface area contributed by atoms with Crippen molar-refractivity contribution in [2.45, 2.75) is 11.3 Å². The molecule has 6 heteroatoms. The van der Waals surface area contributed by atoms with E-state index in [1.54, 1.807) is 18.2 Å². The van der Waals surface area contributed by atoms with E-state index in [0.29, 0.717) is 33.9 Å². The number of hydrogen-bond donors (Lipinski definition) is 1. The molecule has 0 aromatic heterocycles. The zero-order valence-corrected chi connectivity index (χ0v) is 12.9. The molecular weight excluding hydrogens is 325 g/mol. The van der Waals surface area contributed by atoms with Crippen LogP contribution in [0.2, 0.25) is 5.02 Å². The molecule has 0 atom stereocenters. The van der Waals surface area contributed by atoms with Crippen LogP contribution in [0.1, 0.15) is 27.1 Å². The molecular formula is C16H11ClFNO2S. The van der Waals surface area contributed by atoms with Crippen LogP contribution in [0.5, 0.6) is 0 Å². The summed E-state index contributed by atoms with van der Waals surface area (Å²) in [6, 6.07) is 9.07. The molecule has 0 fully saturated rings. The second-order valence-electron chi connectivity index (χ2n) is 4.79. The second-order valence-corrected chi connectivity index (χ2v) is 6.30. The van der Waals surface area contributed by atoms with Crippen LogP contribution in [-0.4, -0.2) is 17.4 Å². The summed E-state index contributed by atoms with van der Waals surface area (Å²) in [6.45, 7) is 0. The topological polar surface area (TPSA) is 46.2 Å². The molecule has 1 heterocycles. The number of amides is 1. The quantitative estimate of drug-likeness (QED) is 0.884. The molecule has 0 saturated heterocycles. The maximum absolute atomic E-state index is 13.1. The molecule has 0 radical (unpaired) electrons. The number of fused-ring (bicyclic) bond motifs is 1. The Hall–Kier alpha value is -1.85. The summed E-state index contributed by atoms with van der Waals surface area (Å²) in [5, 5.41) is 2.62. The fourth-order valence-corrected chi connectivity index (χ4v) is 3.57. The van der Waals surface area contributed by atoms with E-state index in [1.807, 2.05) is 0 Å². The minimum atomic E-state index is -0.544. The van der Waals surface area contributed by atoms with Gasteiger partial charge in [0.25, 0.3) is 5.91 Å². The van der Waals surface area contributed by atoms with Crippen molar-refractivity contribution in [1.82, 2.24) is 0 Å². The van der Waals surface area contributed by atoms with Gasteiger partial charge in [-0.3, -0.25) is 9.59 Å². The molecule has 1 N–H and O–H groups in total. The summed E-state index contributed by atoms with van der Waals surface area (Å²) in [6.07, 6.45) is 0.482. The summed E-state index contributed by atoms with van der Waals surface area (Å²) in [5.74, 6) is -0.175. The zero-order chi connectivity index (χ0) is 15.7. The number of ketones is 1.